The Morgan fingerprint density at radius 2 is 1.81 bits per heavy atom. The zero-order valence-corrected chi connectivity index (χ0v) is 20.5. The third-order valence-corrected chi connectivity index (χ3v) is 8.86. The van der Waals surface area contributed by atoms with Crippen LogP contribution >= 0.6 is 0 Å². The topological polar surface area (TPSA) is 105 Å². The SMILES string of the molecule is CC(C)(C)c1nc2cc(S(=O)(=O)C3=CCC(S(C)(=O)=O)O3)ccc2n1CC1CCOCC1. The fourth-order valence-corrected chi connectivity index (χ4v) is 6.28. The number of nitrogens with zero attached hydrogens (tertiary/aromatic N) is 2. The van der Waals surface area contributed by atoms with Crippen molar-refractivity contribution >= 4 is 30.7 Å². The van der Waals surface area contributed by atoms with E-state index in [0.717, 1.165) is 50.2 Å². The maximum Gasteiger partial charge on any atom is 0.238 e. The maximum absolute atomic E-state index is 13.1. The molecule has 0 amide bonds. The maximum atomic E-state index is 13.1. The van der Waals surface area contributed by atoms with Crippen LogP contribution in [0.2, 0.25) is 0 Å². The molecule has 8 nitrogen and oxygen atoms in total. The van der Waals surface area contributed by atoms with Gasteiger partial charge in [0.2, 0.25) is 20.4 Å². The quantitative estimate of drug-likeness (QED) is 0.645. The predicted molar refractivity (Wildman–Crippen MR) is 122 cm³/mol. The fourth-order valence-electron chi connectivity index (χ4n) is 4.19. The molecule has 0 saturated carbocycles. The van der Waals surface area contributed by atoms with Gasteiger partial charge in [0.25, 0.3) is 0 Å². The largest absolute Gasteiger partial charge is 0.463 e. The Morgan fingerprint density at radius 1 is 1.12 bits per heavy atom. The van der Waals surface area contributed by atoms with Gasteiger partial charge in [0.15, 0.2) is 9.84 Å². The number of hydrogen-bond donors (Lipinski definition) is 0. The van der Waals surface area contributed by atoms with Crippen LogP contribution in [0.15, 0.2) is 34.3 Å². The van der Waals surface area contributed by atoms with E-state index in [-0.39, 0.29) is 21.8 Å². The molecule has 1 fully saturated rings. The summed E-state index contributed by atoms with van der Waals surface area (Å²) in [5.41, 5.74) is 0.0995. The number of rotatable bonds is 5. The van der Waals surface area contributed by atoms with Gasteiger partial charge in [0.1, 0.15) is 5.82 Å². The van der Waals surface area contributed by atoms with Crippen molar-refractivity contribution in [2.45, 2.75) is 62.3 Å². The second kappa shape index (κ2) is 8.14. The number of fused-ring (bicyclic) bond motifs is 1. The van der Waals surface area contributed by atoms with Gasteiger partial charge in [-0.3, -0.25) is 0 Å². The van der Waals surface area contributed by atoms with Gasteiger partial charge in [-0.25, -0.2) is 21.8 Å². The van der Waals surface area contributed by atoms with E-state index >= 15 is 0 Å². The lowest BCUT2D eigenvalue weighted by Gasteiger charge is -2.26. The third-order valence-electron chi connectivity index (χ3n) is 5.95. The minimum absolute atomic E-state index is 0.0174. The van der Waals surface area contributed by atoms with E-state index in [4.69, 9.17) is 14.5 Å². The highest BCUT2D eigenvalue weighted by atomic mass is 32.2. The molecule has 1 aromatic heterocycles. The third kappa shape index (κ3) is 4.45. The molecular weight excluding hydrogens is 452 g/mol. The number of aromatic nitrogens is 2. The van der Waals surface area contributed by atoms with Crippen LogP contribution in [0.1, 0.15) is 45.9 Å². The molecule has 2 aromatic rings. The van der Waals surface area contributed by atoms with Crippen LogP contribution in [0.4, 0.5) is 0 Å². The molecular formula is C22H30N2O6S2. The first-order chi connectivity index (χ1) is 14.9. The van der Waals surface area contributed by atoms with Gasteiger partial charge < -0.3 is 14.0 Å². The van der Waals surface area contributed by atoms with E-state index in [0.29, 0.717) is 11.4 Å². The van der Waals surface area contributed by atoms with Gasteiger partial charge in [-0.2, -0.15) is 0 Å². The second-order valence-corrected chi connectivity index (χ2v) is 13.7. The number of imidazole rings is 1. The molecule has 1 unspecified atom stereocenters. The Labute approximate surface area is 189 Å². The number of hydrogen-bond acceptors (Lipinski definition) is 7. The fraction of sp³-hybridized carbons (Fsp3) is 0.591. The smallest absolute Gasteiger partial charge is 0.238 e. The summed E-state index contributed by atoms with van der Waals surface area (Å²) in [6.45, 7) is 8.60. The molecule has 2 aliphatic rings. The van der Waals surface area contributed by atoms with Crippen molar-refractivity contribution in [3.05, 3.63) is 35.2 Å². The second-order valence-electron chi connectivity index (χ2n) is 9.64. The Kier molecular flexibility index (Phi) is 5.92. The first kappa shape index (κ1) is 23.3. The Bertz CT molecular complexity index is 1260. The molecule has 4 rings (SSSR count). The number of sulfone groups is 2. The minimum Gasteiger partial charge on any atom is -0.463 e. The van der Waals surface area contributed by atoms with Gasteiger partial charge in [-0.1, -0.05) is 20.8 Å². The number of ether oxygens (including phenoxy) is 2. The normalized spacial score (nSPS) is 21.0. The van der Waals surface area contributed by atoms with Gasteiger partial charge in [-0.15, -0.1) is 0 Å². The Hall–Kier alpha value is -1.91. The lowest BCUT2D eigenvalue weighted by molar-refractivity contribution is 0.0611. The molecule has 176 valence electrons. The Balaban J connectivity index is 1.71. The average molecular weight is 483 g/mol. The molecule has 1 aromatic carbocycles. The van der Waals surface area contributed by atoms with Crippen molar-refractivity contribution in [2.24, 2.45) is 5.92 Å². The molecule has 0 spiro atoms. The predicted octanol–water partition coefficient (Wildman–Crippen LogP) is 3.17. The van der Waals surface area contributed by atoms with E-state index in [9.17, 15) is 16.8 Å². The lowest BCUT2D eigenvalue weighted by atomic mass is 9.94. The molecule has 3 heterocycles. The molecule has 1 atom stereocenters. The van der Waals surface area contributed by atoms with Crippen molar-refractivity contribution in [1.82, 2.24) is 9.55 Å². The molecule has 0 N–H and O–H groups in total. The zero-order chi connectivity index (χ0) is 23.3. The van der Waals surface area contributed by atoms with Crippen molar-refractivity contribution in [2.75, 3.05) is 19.5 Å². The summed E-state index contributed by atoms with van der Waals surface area (Å²) < 4.78 is 62.7. The lowest BCUT2D eigenvalue weighted by Crippen LogP contribution is -2.25. The van der Waals surface area contributed by atoms with Crippen LogP contribution in [0, 0.1) is 5.92 Å². The Morgan fingerprint density at radius 3 is 2.41 bits per heavy atom. The zero-order valence-electron chi connectivity index (χ0n) is 18.9. The molecule has 10 heteroatoms. The monoisotopic (exact) mass is 482 g/mol. The van der Waals surface area contributed by atoms with E-state index in [1.807, 2.05) is 0 Å². The van der Waals surface area contributed by atoms with Crippen LogP contribution in [-0.2, 0) is 41.1 Å². The summed E-state index contributed by atoms with van der Waals surface area (Å²) in [5.74, 6) is 1.39. The standard InChI is InChI=1S/C22H30N2O6S2/c1-22(2,3)21-23-17-13-16(32(27,28)20-8-7-19(30-20)31(4,25)26)5-6-18(17)24(21)14-15-9-11-29-12-10-15/h5-6,8,13,15,19H,7,9-12,14H2,1-4H3. The van der Waals surface area contributed by atoms with E-state index in [1.54, 1.807) is 18.2 Å². The van der Waals surface area contributed by atoms with Gasteiger partial charge in [0, 0.05) is 37.9 Å². The van der Waals surface area contributed by atoms with Crippen molar-refractivity contribution in [3.8, 4) is 0 Å². The first-order valence-corrected chi connectivity index (χ1v) is 14.2. The van der Waals surface area contributed by atoms with Crippen molar-refractivity contribution < 1.29 is 26.3 Å². The first-order valence-electron chi connectivity index (χ1n) is 10.8. The van der Waals surface area contributed by atoms with Crippen LogP contribution in [0.25, 0.3) is 11.0 Å². The van der Waals surface area contributed by atoms with E-state index < -0.39 is 25.1 Å². The summed E-state index contributed by atoms with van der Waals surface area (Å²) >= 11 is 0. The van der Waals surface area contributed by atoms with Crippen LogP contribution < -0.4 is 0 Å². The van der Waals surface area contributed by atoms with Gasteiger partial charge in [-0.05, 0) is 43.0 Å². The summed E-state index contributed by atoms with van der Waals surface area (Å²) in [6.07, 6.45) is 4.36. The van der Waals surface area contributed by atoms with Crippen LogP contribution in [-0.4, -0.2) is 51.3 Å². The molecule has 0 aliphatic carbocycles. The summed E-state index contributed by atoms with van der Waals surface area (Å²) in [6, 6.07) is 4.88. The summed E-state index contributed by atoms with van der Waals surface area (Å²) in [5, 5.41) is -0.315. The minimum atomic E-state index is -3.98. The van der Waals surface area contributed by atoms with E-state index in [2.05, 4.69) is 25.3 Å². The van der Waals surface area contributed by atoms with E-state index in [1.165, 1.54) is 6.08 Å². The number of benzene rings is 1. The molecule has 32 heavy (non-hydrogen) atoms. The van der Waals surface area contributed by atoms with Gasteiger partial charge in [0.05, 0.1) is 15.9 Å². The summed E-state index contributed by atoms with van der Waals surface area (Å²) in [7, 11) is -7.49. The van der Waals surface area contributed by atoms with Crippen LogP contribution in [0.3, 0.4) is 0 Å². The molecule has 0 radical (unpaired) electrons. The molecule has 1 saturated heterocycles. The summed E-state index contributed by atoms with van der Waals surface area (Å²) in [4.78, 5) is 4.86. The molecule has 0 bridgehead atoms. The average Bonchev–Trinajstić information content (AvgIpc) is 3.34. The highest BCUT2D eigenvalue weighted by molar-refractivity contribution is 7.95. The van der Waals surface area contributed by atoms with Crippen molar-refractivity contribution in [1.29, 1.82) is 0 Å². The van der Waals surface area contributed by atoms with Crippen LogP contribution in [0.5, 0.6) is 0 Å². The van der Waals surface area contributed by atoms with Gasteiger partial charge >= 0.3 is 0 Å². The highest BCUT2D eigenvalue weighted by Gasteiger charge is 2.35. The van der Waals surface area contributed by atoms with Crippen molar-refractivity contribution in [3.63, 3.8) is 0 Å². The molecule has 2 aliphatic heterocycles. The highest BCUT2D eigenvalue weighted by Crippen LogP contribution is 2.33.